The standard InChI is InChI=1S/C12H13N3O/c1-13-12(16)8-15-9-14-7-11(15)10-5-3-2-4-6-10/h2-7,9H,8H2,1H3,(H,13,16). The Labute approximate surface area is 93.9 Å². The largest absolute Gasteiger partial charge is 0.358 e. The topological polar surface area (TPSA) is 46.9 Å². The van der Waals surface area contributed by atoms with Gasteiger partial charge in [0.1, 0.15) is 6.54 Å². The molecule has 0 aliphatic carbocycles. The molecule has 1 aromatic carbocycles. The Balaban J connectivity index is 2.29. The Morgan fingerprint density at radius 3 is 2.81 bits per heavy atom. The van der Waals surface area contributed by atoms with Gasteiger partial charge in [-0.15, -0.1) is 0 Å². The van der Waals surface area contributed by atoms with Crippen LogP contribution in [0.3, 0.4) is 0 Å². The average molecular weight is 215 g/mol. The Hall–Kier alpha value is -2.10. The van der Waals surface area contributed by atoms with Crippen molar-refractivity contribution in [1.82, 2.24) is 14.9 Å². The number of rotatable bonds is 3. The quantitative estimate of drug-likeness (QED) is 0.838. The summed E-state index contributed by atoms with van der Waals surface area (Å²) in [5.74, 6) is -0.0322. The molecule has 1 N–H and O–H groups in total. The van der Waals surface area contributed by atoms with E-state index in [0.29, 0.717) is 6.54 Å². The summed E-state index contributed by atoms with van der Waals surface area (Å²) >= 11 is 0. The van der Waals surface area contributed by atoms with E-state index in [9.17, 15) is 4.79 Å². The second kappa shape index (κ2) is 4.61. The third-order valence-electron chi connectivity index (χ3n) is 2.37. The Kier molecular flexibility index (Phi) is 3.00. The van der Waals surface area contributed by atoms with Gasteiger partial charge in [0.15, 0.2) is 0 Å². The Morgan fingerprint density at radius 1 is 1.38 bits per heavy atom. The van der Waals surface area contributed by atoms with Gasteiger partial charge in [-0.2, -0.15) is 0 Å². The lowest BCUT2D eigenvalue weighted by Gasteiger charge is -2.06. The molecule has 2 rings (SSSR count). The van der Waals surface area contributed by atoms with Crippen LogP contribution in [0.4, 0.5) is 0 Å². The summed E-state index contributed by atoms with van der Waals surface area (Å²) in [5.41, 5.74) is 2.01. The third-order valence-corrected chi connectivity index (χ3v) is 2.37. The molecule has 2 aromatic rings. The molecule has 0 spiro atoms. The molecule has 0 saturated heterocycles. The zero-order valence-electron chi connectivity index (χ0n) is 9.05. The zero-order valence-corrected chi connectivity index (χ0v) is 9.05. The summed E-state index contributed by atoms with van der Waals surface area (Å²) in [6.07, 6.45) is 3.43. The molecule has 0 fully saturated rings. The van der Waals surface area contributed by atoms with Gasteiger partial charge in [-0.1, -0.05) is 30.3 Å². The van der Waals surface area contributed by atoms with E-state index in [4.69, 9.17) is 0 Å². The van der Waals surface area contributed by atoms with Crippen LogP contribution in [-0.2, 0) is 11.3 Å². The summed E-state index contributed by atoms with van der Waals surface area (Å²) in [6.45, 7) is 0.292. The van der Waals surface area contributed by atoms with Gasteiger partial charge in [0, 0.05) is 7.05 Å². The minimum absolute atomic E-state index is 0.0322. The molecule has 0 atom stereocenters. The number of nitrogens with one attached hydrogen (secondary N) is 1. The van der Waals surface area contributed by atoms with Crippen LogP contribution in [-0.4, -0.2) is 22.5 Å². The fraction of sp³-hybridized carbons (Fsp3) is 0.167. The number of likely N-dealkylation sites (N-methyl/N-ethyl adjacent to an activating group) is 1. The zero-order chi connectivity index (χ0) is 11.4. The molecular weight excluding hydrogens is 202 g/mol. The number of carbonyl (C=O) groups is 1. The van der Waals surface area contributed by atoms with E-state index in [1.807, 2.05) is 34.9 Å². The lowest BCUT2D eigenvalue weighted by molar-refractivity contribution is -0.121. The lowest BCUT2D eigenvalue weighted by Crippen LogP contribution is -2.23. The average Bonchev–Trinajstić information content (AvgIpc) is 2.78. The monoisotopic (exact) mass is 215 g/mol. The Bertz CT molecular complexity index is 476. The number of imidazole rings is 1. The van der Waals surface area contributed by atoms with Gasteiger partial charge >= 0.3 is 0 Å². The summed E-state index contributed by atoms with van der Waals surface area (Å²) in [5, 5.41) is 2.59. The molecule has 0 aliphatic rings. The van der Waals surface area contributed by atoms with Crippen molar-refractivity contribution in [2.45, 2.75) is 6.54 Å². The highest BCUT2D eigenvalue weighted by Gasteiger charge is 2.07. The van der Waals surface area contributed by atoms with Crippen molar-refractivity contribution < 1.29 is 4.79 Å². The Morgan fingerprint density at radius 2 is 2.12 bits per heavy atom. The first-order valence-corrected chi connectivity index (χ1v) is 5.07. The first-order chi connectivity index (χ1) is 7.81. The van der Waals surface area contributed by atoms with Crippen LogP contribution in [0.1, 0.15) is 0 Å². The molecule has 0 unspecified atom stereocenters. The van der Waals surface area contributed by atoms with Crippen molar-refractivity contribution in [2.75, 3.05) is 7.05 Å². The van der Waals surface area contributed by atoms with Crippen LogP contribution in [0.25, 0.3) is 11.3 Å². The van der Waals surface area contributed by atoms with Crippen LogP contribution >= 0.6 is 0 Å². The van der Waals surface area contributed by atoms with Crippen LogP contribution < -0.4 is 5.32 Å². The molecule has 0 radical (unpaired) electrons. The van der Waals surface area contributed by atoms with Gasteiger partial charge in [0.25, 0.3) is 0 Å². The lowest BCUT2D eigenvalue weighted by atomic mass is 10.2. The molecule has 4 nitrogen and oxygen atoms in total. The summed E-state index contributed by atoms with van der Waals surface area (Å²) in [4.78, 5) is 15.4. The summed E-state index contributed by atoms with van der Waals surface area (Å²) in [6, 6.07) is 9.89. The van der Waals surface area contributed by atoms with Gasteiger partial charge in [-0.05, 0) is 5.56 Å². The number of carbonyl (C=O) groups excluding carboxylic acids is 1. The highest BCUT2D eigenvalue weighted by Crippen LogP contribution is 2.17. The first-order valence-electron chi connectivity index (χ1n) is 5.07. The first kappa shape index (κ1) is 10.4. The van der Waals surface area contributed by atoms with E-state index in [1.165, 1.54) is 0 Å². The van der Waals surface area contributed by atoms with E-state index < -0.39 is 0 Å². The predicted molar refractivity (Wildman–Crippen MR) is 61.7 cm³/mol. The van der Waals surface area contributed by atoms with Crippen molar-refractivity contribution in [2.24, 2.45) is 0 Å². The van der Waals surface area contributed by atoms with Crippen LogP contribution in [0.2, 0.25) is 0 Å². The minimum Gasteiger partial charge on any atom is -0.358 e. The van der Waals surface area contributed by atoms with E-state index in [0.717, 1.165) is 11.3 Å². The number of benzene rings is 1. The number of aromatic nitrogens is 2. The molecule has 16 heavy (non-hydrogen) atoms. The normalized spacial score (nSPS) is 10.1. The van der Waals surface area contributed by atoms with E-state index in [2.05, 4.69) is 10.3 Å². The highest BCUT2D eigenvalue weighted by atomic mass is 16.1. The van der Waals surface area contributed by atoms with Crippen molar-refractivity contribution >= 4 is 5.91 Å². The molecule has 1 aromatic heterocycles. The molecule has 4 heteroatoms. The van der Waals surface area contributed by atoms with Crippen molar-refractivity contribution in [3.05, 3.63) is 42.9 Å². The smallest absolute Gasteiger partial charge is 0.239 e. The van der Waals surface area contributed by atoms with Crippen LogP contribution in [0, 0.1) is 0 Å². The van der Waals surface area contributed by atoms with Gasteiger partial charge in [-0.3, -0.25) is 4.79 Å². The molecule has 82 valence electrons. The molecule has 1 heterocycles. The van der Waals surface area contributed by atoms with Gasteiger partial charge < -0.3 is 9.88 Å². The third kappa shape index (κ3) is 2.11. The molecule has 0 aliphatic heterocycles. The number of hydrogen-bond acceptors (Lipinski definition) is 2. The second-order valence-electron chi connectivity index (χ2n) is 3.45. The fourth-order valence-electron chi connectivity index (χ4n) is 1.53. The second-order valence-corrected chi connectivity index (χ2v) is 3.45. The maximum atomic E-state index is 11.3. The molecule has 1 amide bonds. The van der Waals surface area contributed by atoms with Crippen molar-refractivity contribution in [3.8, 4) is 11.3 Å². The van der Waals surface area contributed by atoms with Crippen LogP contribution in [0.5, 0.6) is 0 Å². The maximum absolute atomic E-state index is 11.3. The fourth-order valence-corrected chi connectivity index (χ4v) is 1.53. The van der Waals surface area contributed by atoms with E-state index >= 15 is 0 Å². The minimum atomic E-state index is -0.0322. The van der Waals surface area contributed by atoms with Crippen LogP contribution in [0.15, 0.2) is 42.9 Å². The predicted octanol–water partition coefficient (Wildman–Crippen LogP) is 1.30. The van der Waals surface area contributed by atoms with Gasteiger partial charge in [0.2, 0.25) is 5.91 Å². The summed E-state index contributed by atoms with van der Waals surface area (Å²) in [7, 11) is 1.63. The molecular formula is C12H13N3O. The SMILES string of the molecule is CNC(=O)Cn1cncc1-c1ccccc1. The molecule has 0 saturated carbocycles. The van der Waals surface area contributed by atoms with E-state index in [-0.39, 0.29) is 5.91 Å². The van der Waals surface area contributed by atoms with E-state index in [1.54, 1.807) is 19.6 Å². The van der Waals surface area contributed by atoms with Crippen molar-refractivity contribution in [3.63, 3.8) is 0 Å². The molecule has 0 bridgehead atoms. The summed E-state index contributed by atoms with van der Waals surface area (Å²) < 4.78 is 1.83. The van der Waals surface area contributed by atoms with Gasteiger partial charge in [0.05, 0.1) is 18.2 Å². The maximum Gasteiger partial charge on any atom is 0.239 e. The number of nitrogens with zero attached hydrogens (tertiary/aromatic N) is 2. The number of amides is 1. The highest BCUT2D eigenvalue weighted by molar-refractivity contribution is 5.76. The van der Waals surface area contributed by atoms with Gasteiger partial charge in [-0.25, -0.2) is 4.98 Å². The van der Waals surface area contributed by atoms with Crippen molar-refractivity contribution in [1.29, 1.82) is 0 Å². The number of hydrogen-bond donors (Lipinski definition) is 1.